The zero-order valence-electron chi connectivity index (χ0n) is 15.6. The summed E-state index contributed by atoms with van der Waals surface area (Å²) in [5, 5.41) is 6.16. The Balaban J connectivity index is 1.85. The number of halogens is 4. The predicted molar refractivity (Wildman–Crippen MR) is 113 cm³/mol. The number of carbonyl (C=O) groups is 1. The molecule has 2 aromatic heterocycles. The molecular weight excluding hydrogens is 442 g/mol. The second-order valence-electron chi connectivity index (χ2n) is 6.01. The number of hydrogen-bond donors (Lipinski definition) is 3. The molecule has 3 aromatic rings. The monoisotopic (exact) mass is 459 g/mol. The van der Waals surface area contributed by atoms with Crippen LogP contribution in [-0.4, -0.2) is 34.6 Å². The number of anilines is 3. The van der Waals surface area contributed by atoms with Gasteiger partial charge < -0.3 is 15.4 Å². The topological polar surface area (TPSA) is 78.9 Å². The van der Waals surface area contributed by atoms with Crippen LogP contribution < -0.4 is 15.4 Å². The molecule has 2 heterocycles. The molecule has 3 N–H and O–H groups in total. The summed E-state index contributed by atoms with van der Waals surface area (Å²) in [6.07, 6.45) is -0.596. The van der Waals surface area contributed by atoms with Crippen molar-refractivity contribution in [3.63, 3.8) is 0 Å². The Morgan fingerprint density at radius 2 is 2.07 bits per heavy atom. The Morgan fingerprint density at radius 1 is 1.27 bits per heavy atom. The van der Waals surface area contributed by atoms with Gasteiger partial charge in [-0.2, -0.15) is 0 Å². The average Bonchev–Trinajstić information content (AvgIpc) is 3.16. The van der Waals surface area contributed by atoms with Gasteiger partial charge in [0.25, 0.3) is 12.3 Å². The van der Waals surface area contributed by atoms with Crippen LogP contribution in [0.5, 0.6) is 0 Å². The number of aromatic nitrogens is 2. The zero-order chi connectivity index (χ0) is 21.7. The molecule has 0 unspecified atom stereocenters. The average molecular weight is 459 g/mol. The Kier molecular flexibility index (Phi) is 7.32. The highest BCUT2D eigenvalue weighted by molar-refractivity contribution is 8.00. The minimum Gasteiger partial charge on any atom is -0.363 e. The van der Waals surface area contributed by atoms with Crippen molar-refractivity contribution >= 4 is 56.6 Å². The number of fused-ring (bicyclic) bond motifs is 1. The molecule has 160 valence electrons. The van der Waals surface area contributed by atoms with Crippen LogP contribution in [0.3, 0.4) is 0 Å². The fourth-order valence-corrected chi connectivity index (χ4v) is 4.05. The standard InChI is InChI=1S/C18H17F4N5OS2/c1-2-5-30-27-11-4-3-10(19)15(13(11)22)26-18(28)9-7-29-16-14(9)24-8-25-17(16)23-6-12(20)21/h3-4,7-8,12,27H,2,5-6H2,1H3,(H,26,28)(H,23,24,25). The van der Waals surface area contributed by atoms with Gasteiger partial charge in [0.05, 0.1) is 28.0 Å². The third-order valence-electron chi connectivity index (χ3n) is 3.84. The second kappa shape index (κ2) is 9.94. The van der Waals surface area contributed by atoms with Crippen molar-refractivity contribution < 1.29 is 22.4 Å². The fraction of sp³-hybridized carbons (Fsp3) is 0.278. The molecular formula is C18H17F4N5OS2. The molecule has 1 aromatic carbocycles. The van der Waals surface area contributed by atoms with Crippen molar-refractivity contribution in [3.05, 3.63) is 41.0 Å². The van der Waals surface area contributed by atoms with Crippen molar-refractivity contribution in [2.24, 2.45) is 0 Å². The highest BCUT2D eigenvalue weighted by Crippen LogP contribution is 2.32. The van der Waals surface area contributed by atoms with E-state index < -0.39 is 36.2 Å². The van der Waals surface area contributed by atoms with E-state index in [9.17, 15) is 22.4 Å². The van der Waals surface area contributed by atoms with Crippen molar-refractivity contribution in [1.82, 2.24) is 9.97 Å². The van der Waals surface area contributed by atoms with Crippen molar-refractivity contribution in [1.29, 1.82) is 0 Å². The molecule has 0 aliphatic heterocycles. The minimum absolute atomic E-state index is 0.0427. The van der Waals surface area contributed by atoms with Crippen LogP contribution in [0.4, 0.5) is 34.8 Å². The molecule has 0 aliphatic carbocycles. The van der Waals surface area contributed by atoms with Crippen LogP contribution in [0, 0.1) is 11.6 Å². The van der Waals surface area contributed by atoms with E-state index >= 15 is 0 Å². The molecule has 0 aliphatic rings. The van der Waals surface area contributed by atoms with Crippen LogP contribution in [0.2, 0.25) is 0 Å². The molecule has 0 radical (unpaired) electrons. The first-order valence-corrected chi connectivity index (χ1v) is 10.7. The van der Waals surface area contributed by atoms with Crippen molar-refractivity contribution in [3.8, 4) is 0 Å². The molecule has 1 amide bonds. The Labute approximate surface area is 177 Å². The van der Waals surface area contributed by atoms with Crippen LogP contribution >= 0.6 is 23.3 Å². The lowest BCUT2D eigenvalue weighted by molar-refractivity contribution is 0.102. The number of rotatable bonds is 9. The van der Waals surface area contributed by atoms with E-state index in [0.717, 1.165) is 35.9 Å². The largest absolute Gasteiger partial charge is 0.363 e. The summed E-state index contributed by atoms with van der Waals surface area (Å²) in [4.78, 5) is 20.6. The lowest BCUT2D eigenvalue weighted by Gasteiger charge is -2.12. The molecule has 0 bridgehead atoms. The van der Waals surface area contributed by atoms with Crippen LogP contribution in [0.1, 0.15) is 23.7 Å². The van der Waals surface area contributed by atoms with Gasteiger partial charge in [0.1, 0.15) is 23.6 Å². The van der Waals surface area contributed by atoms with E-state index in [1.165, 1.54) is 23.4 Å². The Bertz CT molecular complexity index is 1050. The van der Waals surface area contributed by atoms with Gasteiger partial charge in [-0.1, -0.05) is 18.9 Å². The van der Waals surface area contributed by atoms with Gasteiger partial charge in [0.2, 0.25) is 0 Å². The van der Waals surface area contributed by atoms with E-state index in [2.05, 4.69) is 25.3 Å². The van der Waals surface area contributed by atoms with Crippen LogP contribution in [0.15, 0.2) is 23.8 Å². The van der Waals surface area contributed by atoms with Gasteiger partial charge >= 0.3 is 0 Å². The maximum absolute atomic E-state index is 14.7. The lowest BCUT2D eigenvalue weighted by atomic mass is 10.2. The Hall–Kier alpha value is -2.60. The number of thiophene rings is 1. The normalized spacial score (nSPS) is 11.1. The molecule has 12 heteroatoms. The maximum atomic E-state index is 14.7. The summed E-state index contributed by atoms with van der Waals surface area (Å²) in [5.74, 6) is -1.77. The molecule has 0 saturated heterocycles. The minimum atomic E-state index is -2.58. The molecule has 0 atom stereocenters. The van der Waals surface area contributed by atoms with E-state index in [4.69, 9.17) is 0 Å². The van der Waals surface area contributed by atoms with Crippen LogP contribution in [-0.2, 0) is 0 Å². The first-order valence-electron chi connectivity index (χ1n) is 8.83. The molecule has 3 rings (SSSR count). The molecule has 6 nitrogen and oxygen atoms in total. The highest BCUT2D eigenvalue weighted by atomic mass is 32.2. The SMILES string of the molecule is CCCSNc1ccc(F)c(NC(=O)c2csc3c(NCC(F)F)ncnc23)c1F. The quantitative estimate of drug-likeness (QED) is 0.227. The first kappa shape index (κ1) is 22.1. The number of amides is 1. The third-order valence-corrected chi connectivity index (χ3v) is 5.79. The number of nitrogens with zero attached hydrogens (tertiary/aromatic N) is 2. The smallest absolute Gasteiger partial charge is 0.258 e. The fourth-order valence-electron chi connectivity index (χ4n) is 2.47. The summed E-state index contributed by atoms with van der Waals surface area (Å²) < 4.78 is 57.0. The molecule has 30 heavy (non-hydrogen) atoms. The van der Waals surface area contributed by atoms with Gasteiger partial charge in [0, 0.05) is 11.1 Å². The Morgan fingerprint density at radius 3 is 2.80 bits per heavy atom. The summed E-state index contributed by atoms with van der Waals surface area (Å²) in [6.45, 7) is 1.35. The second-order valence-corrected chi connectivity index (χ2v) is 7.79. The number of carbonyl (C=O) groups excluding carboxylic acids is 1. The van der Waals surface area contributed by atoms with Crippen molar-refractivity contribution in [2.45, 2.75) is 19.8 Å². The number of nitrogens with one attached hydrogen (secondary N) is 3. The third kappa shape index (κ3) is 4.93. The van der Waals surface area contributed by atoms with Gasteiger partial charge in [-0.05, 0) is 18.6 Å². The number of benzene rings is 1. The van der Waals surface area contributed by atoms with Gasteiger partial charge in [-0.25, -0.2) is 27.5 Å². The number of alkyl halides is 2. The van der Waals surface area contributed by atoms with Crippen LogP contribution in [0.25, 0.3) is 10.2 Å². The molecule has 0 saturated carbocycles. The van der Waals surface area contributed by atoms with E-state index in [1.54, 1.807) is 0 Å². The summed E-state index contributed by atoms with van der Waals surface area (Å²) in [6, 6.07) is 2.30. The summed E-state index contributed by atoms with van der Waals surface area (Å²) in [7, 11) is 0. The summed E-state index contributed by atoms with van der Waals surface area (Å²) in [5.41, 5.74) is -0.305. The predicted octanol–water partition coefficient (Wildman–Crippen LogP) is 5.37. The molecule has 0 spiro atoms. The lowest BCUT2D eigenvalue weighted by Crippen LogP contribution is -2.15. The molecule has 0 fully saturated rings. The van der Waals surface area contributed by atoms with Gasteiger partial charge in [0.15, 0.2) is 5.82 Å². The van der Waals surface area contributed by atoms with Gasteiger partial charge in [-0.3, -0.25) is 4.79 Å². The maximum Gasteiger partial charge on any atom is 0.258 e. The van der Waals surface area contributed by atoms with Crippen molar-refractivity contribution in [2.75, 3.05) is 27.7 Å². The zero-order valence-corrected chi connectivity index (χ0v) is 17.3. The van der Waals surface area contributed by atoms with E-state index in [-0.39, 0.29) is 22.6 Å². The summed E-state index contributed by atoms with van der Waals surface area (Å²) >= 11 is 2.32. The van der Waals surface area contributed by atoms with Gasteiger partial charge in [-0.15, -0.1) is 11.3 Å². The number of hydrogen-bond acceptors (Lipinski definition) is 7. The first-order chi connectivity index (χ1) is 14.4. The van der Waals surface area contributed by atoms with E-state index in [1.807, 2.05) is 6.92 Å². The highest BCUT2D eigenvalue weighted by Gasteiger charge is 2.21. The van der Waals surface area contributed by atoms with E-state index in [0.29, 0.717) is 4.70 Å².